The van der Waals surface area contributed by atoms with Gasteiger partial charge in [-0.3, -0.25) is 4.79 Å². The van der Waals surface area contributed by atoms with Crippen LogP contribution in [0.5, 0.6) is 23.0 Å². The van der Waals surface area contributed by atoms with Gasteiger partial charge >= 0.3 is 5.97 Å². The molecule has 0 radical (unpaired) electrons. The lowest BCUT2D eigenvalue weighted by molar-refractivity contribution is -0.136. The third-order valence-corrected chi connectivity index (χ3v) is 4.35. The number of ether oxygens (including phenoxy) is 5. The summed E-state index contributed by atoms with van der Waals surface area (Å²) in [7, 11) is 0. The Hall–Kier alpha value is -3.48. The van der Waals surface area contributed by atoms with Crippen LogP contribution in [0.4, 0.5) is 0 Å². The number of carbonyl (C=O) groups excluding carboxylic acids is 2. The van der Waals surface area contributed by atoms with Crippen LogP contribution in [0.25, 0.3) is 6.08 Å². The largest absolute Gasteiger partial charge is 0.490 e. The minimum absolute atomic E-state index is 0.324. The van der Waals surface area contributed by atoms with Crippen molar-refractivity contribution < 1.29 is 33.3 Å². The summed E-state index contributed by atoms with van der Waals surface area (Å²) < 4.78 is 27.3. The van der Waals surface area contributed by atoms with Crippen molar-refractivity contribution in [3.05, 3.63) is 53.6 Å². The number of esters is 1. The van der Waals surface area contributed by atoms with Crippen LogP contribution in [0.1, 0.15) is 36.2 Å². The Kier molecular flexibility index (Phi) is 7.92. The predicted octanol–water partition coefficient (Wildman–Crippen LogP) is 4.08. The molecule has 2 aromatic rings. The highest BCUT2D eigenvalue weighted by Crippen LogP contribution is 2.31. The number of hydrogen-bond acceptors (Lipinski definition) is 7. The number of benzene rings is 2. The maximum atomic E-state index is 12.3. The molecular weight excluding hydrogens is 400 g/mol. The van der Waals surface area contributed by atoms with Crippen molar-refractivity contribution in [3.63, 3.8) is 0 Å². The number of carbonyl (C=O) groups is 2. The van der Waals surface area contributed by atoms with Gasteiger partial charge in [0, 0.05) is 11.6 Å². The summed E-state index contributed by atoms with van der Waals surface area (Å²) in [6.45, 7) is 5.56. The summed E-state index contributed by atoms with van der Waals surface area (Å²) in [5.41, 5.74) is 1.15. The number of hydrogen-bond donors (Lipinski definition) is 0. The monoisotopic (exact) mass is 426 g/mol. The van der Waals surface area contributed by atoms with Gasteiger partial charge in [-0.15, -0.1) is 0 Å². The molecule has 0 saturated carbocycles. The third-order valence-electron chi connectivity index (χ3n) is 4.35. The summed E-state index contributed by atoms with van der Waals surface area (Å²) in [6.07, 6.45) is 3.77. The summed E-state index contributed by atoms with van der Waals surface area (Å²) in [4.78, 5) is 24.4. The van der Waals surface area contributed by atoms with Crippen LogP contribution in [-0.2, 0) is 9.53 Å². The molecule has 1 aliphatic rings. The minimum atomic E-state index is -0.616. The van der Waals surface area contributed by atoms with E-state index in [9.17, 15) is 9.59 Å². The van der Waals surface area contributed by atoms with E-state index < -0.39 is 5.97 Å². The third kappa shape index (κ3) is 6.25. The van der Waals surface area contributed by atoms with Crippen molar-refractivity contribution in [1.29, 1.82) is 0 Å². The van der Waals surface area contributed by atoms with Crippen LogP contribution in [-0.4, -0.2) is 44.8 Å². The van der Waals surface area contributed by atoms with E-state index in [1.54, 1.807) is 36.4 Å². The van der Waals surface area contributed by atoms with E-state index in [1.807, 2.05) is 19.9 Å². The van der Waals surface area contributed by atoms with Crippen molar-refractivity contribution in [2.75, 3.05) is 33.0 Å². The van der Waals surface area contributed by atoms with Gasteiger partial charge in [0.2, 0.25) is 0 Å². The van der Waals surface area contributed by atoms with E-state index in [0.717, 1.165) is 12.0 Å². The topological polar surface area (TPSA) is 80.3 Å². The molecule has 164 valence electrons. The molecule has 1 aliphatic heterocycles. The highest BCUT2D eigenvalue weighted by Gasteiger charge is 2.16. The summed E-state index contributed by atoms with van der Waals surface area (Å²) in [5, 5.41) is 0. The molecule has 0 atom stereocenters. The Morgan fingerprint density at radius 2 is 1.77 bits per heavy atom. The molecule has 7 heteroatoms. The van der Waals surface area contributed by atoms with Crippen LogP contribution in [0, 0.1) is 0 Å². The van der Waals surface area contributed by atoms with E-state index in [-0.39, 0.29) is 12.4 Å². The second-order valence-corrected chi connectivity index (χ2v) is 6.71. The lowest BCUT2D eigenvalue weighted by atomic mass is 10.1. The Bertz CT molecular complexity index is 949. The summed E-state index contributed by atoms with van der Waals surface area (Å²) >= 11 is 0. The normalized spacial score (nSPS) is 12.5. The van der Waals surface area contributed by atoms with Crippen LogP contribution in [0.3, 0.4) is 0 Å². The molecule has 3 rings (SSSR count). The van der Waals surface area contributed by atoms with Gasteiger partial charge < -0.3 is 23.7 Å². The fraction of sp³-hybridized carbons (Fsp3) is 0.333. The lowest BCUT2D eigenvalue weighted by Gasteiger charge is -2.18. The average Bonchev–Trinajstić information content (AvgIpc) is 2.80. The molecule has 0 bridgehead atoms. The van der Waals surface area contributed by atoms with Crippen molar-refractivity contribution in [3.8, 4) is 23.0 Å². The average molecular weight is 426 g/mol. The SMILES string of the molecule is CCCOc1ccc(/C=C/C(=O)OCC(=O)c2ccc3c(c2)OCCO3)cc1OCC. The summed E-state index contributed by atoms with van der Waals surface area (Å²) in [5.74, 6) is 1.44. The molecule has 0 unspecified atom stereocenters. The molecule has 1 heterocycles. The quantitative estimate of drug-likeness (QED) is 0.322. The van der Waals surface area contributed by atoms with E-state index in [1.165, 1.54) is 6.08 Å². The standard InChI is InChI=1S/C24H26O7/c1-3-11-28-20-8-5-17(14-22(20)27-4-2)6-10-24(26)31-16-19(25)18-7-9-21-23(15-18)30-13-12-29-21/h5-10,14-15H,3-4,11-13,16H2,1-2H3/b10-6+. The molecule has 0 aromatic heterocycles. The number of ketones is 1. The predicted molar refractivity (Wildman–Crippen MR) is 115 cm³/mol. The van der Waals surface area contributed by atoms with Gasteiger partial charge in [0.25, 0.3) is 0 Å². The molecule has 0 aliphatic carbocycles. The Balaban J connectivity index is 1.56. The van der Waals surface area contributed by atoms with E-state index in [0.29, 0.717) is 55.0 Å². The van der Waals surface area contributed by atoms with Gasteiger partial charge in [0.1, 0.15) is 13.2 Å². The van der Waals surface area contributed by atoms with Gasteiger partial charge in [0.15, 0.2) is 35.4 Å². The van der Waals surface area contributed by atoms with Crippen LogP contribution >= 0.6 is 0 Å². The second-order valence-electron chi connectivity index (χ2n) is 6.71. The zero-order valence-electron chi connectivity index (χ0n) is 17.7. The molecule has 0 amide bonds. The maximum Gasteiger partial charge on any atom is 0.331 e. The first-order valence-electron chi connectivity index (χ1n) is 10.3. The molecule has 0 N–H and O–H groups in total. The first-order chi connectivity index (χ1) is 15.1. The van der Waals surface area contributed by atoms with Gasteiger partial charge in [-0.05, 0) is 55.3 Å². The van der Waals surface area contributed by atoms with Crippen molar-refractivity contribution in [2.24, 2.45) is 0 Å². The smallest absolute Gasteiger partial charge is 0.331 e. The summed E-state index contributed by atoms with van der Waals surface area (Å²) in [6, 6.07) is 10.3. The van der Waals surface area contributed by atoms with Gasteiger partial charge in [-0.2, -0.15) is 0 Å². The highest BCUT2D eigenvalue weighted by atomic mass is 16.6. The van der Waals surface area contributed by atoms with Gasteiger partial charge in [-0.25, -0.2) is 4.79 Å². The number of Topliss-reactive ketones (excluding diaryl/α,β-unsaturated/α-hetero) is 1. The molecule has 2 aromatic carbocycles. The number of fused-ring (bicyclic) bond motifs is 1. The Morgan fingerprint density at radius 3 is 2.55 bits per heavy atom. The highest BCUT2D eigenvalue weighted by molar-refractivity contribution is 5.99. The molecular formula is C24H26O7. The molecule has 7 nitrogen and oxygen atoms in total. The first kappa shape index (κ1) is 22.2. The first-order valence-corrected chi connectivity index (χ1v) is 10.3. The Morgan fingerprint density at radius 1 is 0.968 bits per heavy atom. The second kappa shape index (κ2) is 11.1. The van der Waals surface area contributed by atoms with Crippen LogP contribution in [0.15, 0.2) is 42.5 Å². The van der Waals surface area contributed by atoms with Crippen molar-refractivity contribution in [1.82, 2.24) is 0 Å². The van der Waals surface area contributed by atoms with Gasteiger partial charge in [-0.1, -0.05) is 13.0 Å². The van der Waals surface area contributed by atoms with Crippen LogP contribution < -0.4 is 18.9 Å². The minimum Gasteiger partial charge on any atom is -0.490 e. The fourth-order valence-electron chi connectivity index (χ4n) is 2.88. The van der Waals surface area contributed by atoms with E-state index >= 15 is 0 Å². The molecule has 31 heavy (non-hydrogen) atoms. The molecule has 0 fully saturated rings. The fourth-order valence-corrected chi connectivity index (χ4v) is 2.88. The van der Waals surface area contributed by atoms with E-state index in [4.69, 9.17) is 23.7 Å². The van der Waals surface area contributed by atoms with Crippen LogP contribution in [0.2, 0.25) is 0 Å². The zero-order chi connectivity index (χ0) is 22.1. The van der Waals surface area contributed by atoms with Gasteiger partial charge in [0.05, 0.1) is 13.2 Å². The molecule has 0 saturated heterocycles. The Labute approximate surface area is 181 Å². The van der Waals surface area contributed by atoms with Crippen molar-refractivity contribution >= 4 is 17.8 Å². The lowest BCUT2D eigenvalue weighted by Crippen LogP contribution is -2.17. The van der Waals surface area contributed by atoms with Crippen molar-refractivity contribution in [2.45, 2.75) is 20.3 Å². The molecule has 0 spiro atoms. The zero-order valence-corrected chi connectivity index (χ0v) is 17.7. The number of rotatable bonds is 10. The van der Waals surface area contributed by atoms with E-state index in [2.05, 4.69) is 0 Å². The maximum absolute atomic E-state index is 12.3.